The predicted octanol–water partition coefficient (Wildman–Crippen LogP) is 2.77. The first-order chi connectivity index (χ1) is 9.81. The van der Waals surface area contributed by atoms with E-state index < -0.39 is 0 Å². The normalized spacial score (nSPS) is 13.0. The second-order valence-corrected chi connectivity index (χ2v) is 6.70. The van der Waals surface area contributed by atoms with Gasteiger partial charge in [0.2, 0.25) is 5.91 Å². The van der Waals surface area contributed by atoms with Gasteiger partial charge in [0.25, 0.3) is 0 Å². The van der Waals surface area contributed by atoms with Gasteiger partial charge in [-0.2, -0.15) is 0 Å². The molecule has 5 heteroatoms. The van der Waals surface area contributed by atoms with Gasteiger partial charge in [-0.1, -0.05) is 50.6 Å². The maximum atomic E-state index is 11.8. The lowest BCUT2D eigenvalue weighted by atomic mass is 9.88. The third kappa shape index (κ3) is 7.46. The Morgan fingerprint density at radius 3 is 2.62 bits per heavy atom. The number of rotatable bonds is 7. The molecule has 0 spiro atoms. The van der Waals surface area contributed by atoms with E-state index in [1.807, 2.05) is 18.2 Å². The second-order valence-electron chi connectivity index (χ2n) is 6.30. The Morgan fingerprint density at radius 1 is 1.38 bits per heavy atom. The first-order valence-corrected chi connectivity index (χ1v) is 7.41. The largest absolute Gasteiger partial charge is 0.394 e. The summed E-state index contributed by atoms with van der Waals surface area (Å²) in [4.78, 5) is 11.8. The molecule has 0 radical (unpaired) electrons. The Morgan fingerprint density at radius 2 is 2.05 bits per heavy atom. The molecule has 4 nitrogen and oxygen atoms in total. The van der Waals surface area contributed by atoms with Crippen molar-refractivity contribution in [2.75, 3.05) is 13.2 Å². The molecule has 118 valence electrons. The highest BCUT2D eigenvalue weighted by Crippen LogP contribution is 2.20. The molecule has 1 atom stereocenters. The van der Waals surface area contributed by atoms with Crippen LogP contribution in [-0.4, -0.2) is 30.3 Å². The van der Waals surface area contributed by atoms with E-state index in [0.717, 1.165) is 5.56 Å². The number of aliphatic hydroxyl groups is 1. The number of ether oxygens (including phenoxy) is 1. The van der Waals surface area contributed by atoms with Gasteiger partial charge in [0.05, 0.1) is 19.3 Å². The van der Waals surface area contributed by atoms with Crippen LogP contribution >= 0.6 is 11.6 Å². The lowest BCUT2D eigenvalue weighted by Crippen LogP contribution is -2.41. The van der Waals surface area contributed by atoms with Crippen LogP contribution in [0.15, 0.2) is 24.3 Å². The summed E-state index contributed by atoms with van der Waals surface area (Å²) in [5.41, 5.74) is 0.888. The number of carbonyl (C=O) groups is 1. The molecule has 0 aromatic heterocycles. The van der Waals surface area contributed by atoms with Crippen LogP contribution < -0.4 is 5.32 Å². The Labute approximate surface area is 131 Å². The van der Waals surface area contributed by atoms with Gasteiger partial charge < -0.3 is 15.2 Å². The SMILES string of the molecule is CC(C)(C)CC(CO)NC(=O)COCc1ccccc1Cl. The number of hydrogen-bond donors (Lipinski definition) is 2. The molecule has 0 bridgehead atoms. The van der Waals surface area contributed by atoms with Crippen LogP contribution in [0.1, 0.15) is 32.8 Å². The van der Waals surface area contributed by atoms with Crippen molar-refractivity contribution in [2.24, 2.45) is 5.41 Å². The van der Waals surface area contributed by atoms with Gasteiger partial charge in [-0.05, 0) is 23.5 Å². The van der Waals surface area contributed by atoms with Crippen LogP contribution in [0.5, 0.6) is 0 Å². The van der Waals surface area contributed by atoms with Crippen molar-refractivity contribution >= 4 is 17.5 Å². The van der Waals surface area contributed by atoms with E-state index in [2.05, 4.69) is 26.1 Å². The number of hydrogen-bond acceptors (Lipinski definition) is 3. The van der Waals surface area contributed by atoms with E-state index in [-0.39, 0.29) is 37.2 Å². The van der Waals surface area contributed by atoms with Gasteiger partial charge in [-0.25, -0.2) is 0 Å². The summed E-state index contributed by atoms with van der Waals surface area (Å²) >= 11 is 6.01. The third-order valence-electron chi connectivity index (χ3n) is 2.89. The summed E-state index contributed by atoms with van der Waals surface area (Å²) in [6, 6.07) is 7.11. The summed E-state index contributed by atoms with van der Waals surface area (Å²) in [6.45, 7) is 6.36. The van der Waals surface area contributed by atoms with Crippen molar-refractivity contribution in [3.63, 3.8) is 0 Å². The fraction of sp³-hybridized carbons (Fsp3) is 0.562. The lowest BCUT2D eigenvalue weighted by Gasteiger charge is -2.25. The highest BCUT2D eigenvalue weighted by molar-refractivity contribution is 6.31. The van der Waals surface area contributed by atoms with Gasteiger partial charge >= 0.3 is 0 Å². The zero-order valence-electron chi connectivity index (χ0n) is 12.9. The lowest BCUT2D eigenvalue weighted by molar-refractivity contribution is -0.127. The number of nitrogens with one attached hydrogen (secondary N) is 1. The second kappa shape index (κ2) is 8.37. The highest BCUT2D eigenvalue weighted by Gasteiger charge is 2.19. The summed E-state index contributed by atoms with van der Waals surface area (Å²) in [7, 11) is 0. The molecule has 2 N–H and O–H groups in total. The Balaban J connectivity index is 2.35. The molecule has 0 aliphatic heterocycles. The fourth-order valence-electron chi connectivity index (χ4n) is 2.04. The minimum atomic E-state index is -0.249. The van der Waals surface area contributed by atoms with E-state index in [9.17, 15) is 9.90 Å². The Bertz CT molecular complexity index is 457. The zero-order valence-corrected chi connectivity index (χ0v) is 13.6. The molecule has 0 aliphatic rings. The van der Waals surface area contributed by atoms with Crippen molar-refractivity contribution < 1.29 is 14.6 Å². The smallest absolute Gasteiger partial charge is 0.246 e. The molecule has 1 amide bonds. The van der Waals surface area contributed by atoms with E-state index in [4.69, 9.17) is 16.3 Å². The zero-order chi connectivity index (χ0) is 15.9. The molecule has 0 saturated carbocycles. The minimum absolute atomic E-state index is 0.0408. The highest BCUT2D eigenvalue weighted by atomic mass is 35.5. The van der Waals surface area contributed by atoms with E-state index in [0.29, 0.717) is 11.4 Å². The van der Waals surface area contributed by atoms with Crippen molar-refractivity contribution in [3.05, 3.63) is 34.9 Å². The van der Waals surface area contributed by atoms with Crippen LogP contribution in [0.3, 0.4) is 0 Å². The van der Waals surface area contributed by atoms with Crippen molar-refractivity contribution in [2.45, 2.75) is 39.8 Å². The molecule has 0 heterocycles. The number of aliphatic hydroxyl groups excluding tert-OH is 1. The van der Waals surface area contributed by atoms with Gasteiger partial charge in [0, 0.05) is 5.02 Å². The Kier molecular flexibility index (Phi) is 7.15. The van der Waals surface area contributed by atoms with Crippen molar-refractivity contribution in [1.82, 2.24) is 5.32 Å². The average molecular weight is 314 g/mol. The molecule has 1 unspecified atom stereocenters. The van der Waals surface area contributed by atoms with E-state index in [1.165, 1.54) is 0 Å². The number of halogens is 1. The van der Waals surface area contributed by atoms with Crippen LogP contribution in [0.25, 0.3) is 0 Å². The van der Waals surface area contributed by atoms with Crippen molar-refractivity contribution in [3.8, 4) is 0 Å². The van der Waals surface area contributed by atoms with Gasteiger partial charge in [0.1, 0.15) is 6.61 Å². The standard InChI is InChI=1S/C16H24ClNO3/c1-16(2,3)8-13(9-19)18-15(20)11-21-10-12-6-4-5-7-14(12)17/h4-7,13,19H,8-11H2,1-3H3,(H,18,20). The summed E-state index contributed by atoms with van der Waals surface area (Å²) < 4.78 is 5.36. The van der Waals surface area contributed by atoms with Crippen LogP contribution in [0.2, 0.25) is 5.02 Å². The van der Waals surface area contributed by atoms with Crippen LogP contribution in [0.4, 0.5) is 0 Å². The molecule has 1 rings (SSSR count). The first kappa shape index (κ1) is 18.0. The van der Waals surface area contributed by atoms with Crippen molar-refractivity contribution in [1.29, 1.82) is 0 Å². The fourth-order valence-corrected chi connectivity index (χ4v) is 2.23. The van der Waals surface area contributed by atoms with Crippen LogP contribution in [-0.2, 0) is 16.1 Å². The average Bonchev–Trinajstić information content (AvgIpc) is 2.38. The number of amides is 1. The monoisotopic (exact) mass is 313 g/mol. The summed E-state index contributed by atoms with van der Waals surface area (Å²) in [5.74, 6) is -0.231. The Hall–Kier alpha value is -1.10. The minimum Gasteiger partial charge on any atom is -0.394 e. The summed E-state index contributed by atoms with van der Waals surface area (Å²) in [6.07, 6.45) is 0.708. The van der Waals surface area contributed by atoms with Gasteiger partial charge in [-0.15, -0.1) is 0 Å². The molecule has 21 heavy (non-hydrogen) atoms. The maximum absolute atomic E-state index is 11.8. The summed E-state index contributed by atoms with van der Waals surface area (Å²) in [5, 5.41) is 12.7. The van der Waals surface area contributed by atoms with Gasteiger partial charge in [-0.3, -0.25) is 4.79 Å². The van der Waals surface area contributed by atoms with E-state index in [1.54, 1.807) is 6.07 Å². The molecule has 0 aliphatic carbocycles. The molecule has 1 aromatic rings. The topological polar surface area (TPSA) is 58.6 Å². The molecule has 0 saturated heterocycles. The third-order valence-corrected chi connectivity index (χ3v) is 3.26. The first-order valence-electron chi connectivity index (χ1n) is 7.03. The molecule has 1 aromatic carbocycles. The number of benzene rings is 1. The van der Waals surface area contributed by atoms with Crippen LogP contribution in [0, 0.1) is 5.41 Å². The predicted molar refractivity (Wildman–Crippen MR) is 84.2 cm³/mol. The molecule has 0 fully saturated rings. The van der Waals surface area contributed by atoms with E-state index >= 15 is 0 Å². The molecular weight excluding hydrogens is 290 g/mol. The quantitative estimate of drug-likeness (QED) is 0.814. The number of carbonyl (C=O) groups excluding carboxylic acids is 1. The van der Waals surface area contributed by atoms with Gasteiger partial charge in [0.15, 0.2) is 0 Å². The molecular formula is C16H24ClNO3. The maximum Gasteiger partial charge on any atom is 0.246 e.